The third kappa shape index (κ3) is 3.24. The van der Waals surface area contributed by atoms with E-state index in [1.165, 1.54) is 0 Å². The highest BCUT2D eigenvalue weighted by molar-refractivity contribution is 6.66. The van der Waals surface area contributed by atoms with E-state index < -0.39 is 5.91 Å². The summed E-state index contributed by atoms with van der Waals surface area (Å²) in [5, 5.41) is 17.2. The summed E-state index contributed by atoms with van der Waals surface area (Å²) in [5.41, 5.74) is 5.64. The van der Waals surface area contributed by atoms with Crippen LogP contribution in [-0.2, 0) is 9.53 Å². The van der Waals surface area contributed by atoms with E-state index in [0.29, 0.717) is 6.54 Å². The molecule has 112 valence electrons. The van der Waals surface area contributed by atoms with E-state index in [9.17, 15) is 4.79 Å². The molecule has 0 aromatic carbocycles. The first-order valence-electron chi connectivity index (χ1n) is 7.22. The summed E-state index contributed by atoms with van der Waals surface area (Å²) in [7, 11) is 0. The monoisotopic (exact) mass is 281 g/mol. The number of ether oxygens (including phenoxy) is 1. The molecule has 0 radical (unpaired) electrons. The second kappa shape index (κ2) is 6.45. The van der Waals surface area contributed by atoms with Crippen LogP contribution in [0.25, 0.3) is 0 Å². The Kier molecular flexibility index (Phi) is 4.88. The minimum absolute atomic E-state index is 0.0412. The van der Waals surface area contributed by atoms with E-state index in [2.05, 4.69) is 4.99 Å². The standard InChI is InChI=1S/C14H23N3O3/c1-8-9(6-10-2-3-11(7-18)20-10)4-5-17-13(12(8)15)14(16)19/h8-11,15,18H,2-7H2,1H3,(H2,16,19). The van der Waals surface area contributed by atoms with E-state index in [-0.39, 0.29) is 42.1 Å². The fraction of sp³-hybridized carbons (Fsp3) is 0.786. The van der Waals surface area contributed by atoms with Gasteiger partial charge in [-0.1, -0.05) is 6.92 Å². The summed E-state index contributed by atoms with van der Waals surface area (Å²) in [5.74, 6) is -0.383. The second-order valence-corrected chi connectivity index (χ2v) is 5.72. The number of nitrogens with one attached hydrogen (secondary N) is 1. The number of amides is 1. The predicted molar refractivity (Wildman–Crippen MR) is 76.1 cm³/mol. The van der Waals surface area contributed by atoms with Crippen LogP contribution in [0.2, 0.25) is 0 Å². The highest BCUT2D eigenvalue weighted by atomic mass is 16.5. The van der Waals surface area contributed by atoms with Crippen molar-refractivity contribution in [1.29, 1.82) is 5.41 Å². The van der Waals surface area contributed by atoms with Crippen molar-refractivity contribution in [2.75, 3.05) is 13.2 Å². The number of hydrogen-bond donors (Lipinski definition) is 3. The van der Waals surface area contributed by atoms with Gasteiger partial charge in [-0.2, -0.15) is 0 Å². The van der Waals surface area contributed by atoms with Crippen LogP contribution in [0.3, 0.4) is 0 Å². The number of nitrogens with two attached hydrogens (primary N) is 1. The largest absolute Gasteiger partial charge is 0.394 e. The summed E-state index contributed by atoms with van der Waals surface area (Å²) in [6.07, 6.45) is 3.63. The molecule has 1 saturated heterocycles. The van der Waals surface area contributed by atoms with Gasteiger partial charge in [0.1, 0.15) is 5.71 Å². The van der Waals surface area contributed by atoms with Crippen LogP contribution in [0.4, 0.5) is 0 Å². The first-order chi connectivity index (χ1) is 9.52. The Bertz CT molecular complexity index is 422. The van der Waals surface area contributed by atoms with Crippen molar-refractivity contribution in [3.05, 3.63) is 0 Å². The van der Waals surface area contributed by atoms with Crippen LogP contribution in [0, 0.1) is 17.2 Å². The van der Waals surface area contributed by atoms with Gasteiger partial charge >= 0.3 is 0 Å². The van der Waals surface area contributed by atoms with E-state index in [1.54, 1.807) is 0 Å². The molecule has 2 aliphatic rings. The predicted octanol–water partition coefficient (Wildman–Crippen LogP) is 0.518. The molecule has 0 saturated carbocycles. The number of rotatable bonds is 4. The van der Waals surface area contributed by atoms with Gasteiger partial charge in [0.15, 0.2) is 0 Å². The Labute approximate surface area is 118 Å². The molecule has 4 unspecified atom stereocenters. The molecule has 2 heterocycles. The summed E-state index contributed by atoms with van der Waals surface area (Å²) in [4.78, 5) is 15.4. The molecule has 0 spiro atoms. The Morgan fingerprint density at radius 2 is 2.15 bits per heavy atom. The summed E-state index contributed by atoms with van der Waals surface area (Å²) < 4.78 is 5.76. The molecule has 1 amide bonds. The van der Waals surface area contributed by atoms with Crippen LogP contribution >= 0.6 is 0 Å². The highest BCUT2D eigenvalue weighted by Gasteiger charge is 2.33. The fourth-order valence-corrected chi connectivity index (χ4v) is 3.09. The molecule has 4 N–H and O–H groups in total. The Morgan fingerprint density at radius 3 is 2.75 bits per heavy atom. The third-order valence-corrected chi connectivity index (χ3v) is 4.39. The maximum absolute atomic E-state index is 11.3. The average Bonchev–Trinajstić information content (AvgIpc) is 2.82. The maximum atomic E-state index is 11.3. The molecule has 1 fully saturated rings. The van der Waals surface area contributed by atoms with Gasteiger partial charge in [-0.05, 0) is 31.6 Å². The molecule has 2 aliphatic heterocycles. The number of primary amides is 1. The lowest BCUT2D eigenvalue weighted by molar-refractivity contribution is -0.111. The summed E-state index contributed by atoms with van der Waals surface area (Å²) >= 11 is 0. The quantitative estimate of drug-likeness (QED) is 0.698. The molecule has 0 aromatic rings. The summed E-state index contributed by atoms with van der Waals surface area (Å²) in [6.45, 7) is 2.56. The van der Waals surface area contributed by atoms with E-state index in [0.717, 1.165) is 25.7 Å². The van der Waals surface area contributed by atoms with Crippen LogP contribution in [-0.4, -0.2) is 47.8 Å². The lowest BCUT2D eigenvalue weighted by atomic mass is 9.82. The van der Waals surface area contributed by atoms with E-state index in [1.807, 2.05) is 6.92 Å². The zero-order chi connectivity index (χ0) is 14.7. The van der Waals surface area contributed by atoms with Gasteiger partial charge in [-0.15, -0.1) is 0 Å². The van der Waals surface area contributed by atoms with Crippen molar-refractivity contribution in [2.24, 2.45) is 22.6 Å². The number of carbonyl (C=O) groups is 1. The molecule has 6 heteroatoms. The Morgan fingerprint density at radius 1 is 1.45 bits per heavy atom. The Balaban J connectivity index is 1.97. The maximum Gasteiger partial charge on any atom is 0.268 e. The van der Waals surface area contributed by atoms with E-state index >= 15 is 0 Å². The topological polar surface area (TPSA) is 109 Å². The first kappa shape index (κ1) is 15.1. The van der Waals surface area contributed by atoms with Crippen molar-refractivity contribution >= 4 is 17.3 Å². The number of carbonyl (C=O) groups excluding carboxylic acids is 1. The highest BCUT2D eigenvalue weighted by Crippen LogP contribution is 2.31. The van der Waals surface area contributed by atoms with Gasteiger partial charge in [-0.3, -0.25) is 9.79 Å². The fourth-order valence-electron chi connectivity index (χ4n) is 3.09. The summed E-state index contributed by atoms with van der Waals surface area (Å²) in [6, 6.07) is 0. The van der Waals surface area contributed by atoms with Crippen LogP contribution in [0.1, 0.15) is 32.6 Å². The number of aliphatic imine (C=N–C) groups is 1. The molecule has 2 rings (SSSR count). The molecule has 0 aliphatic carbocycles. The first-order valence-corrected chi connectivity index (χ1v) is 7.22. The van der Waals surface area contributed by atoms with Gasteiger partial charge in [0.25, 0.3) is 5.91 Å². The average molecular weight is 281 g/mol. The lowest BCUT2D eigenvalue weighted by Crippen LogP contribution is -2.35. The number of hydrogen-bond acceptors (Lipinski definition) is 5. The van der Waals surface area contributed by atoms with Crippen molar-refractivity contribution in [3.63, 3.8) is 0 Å². The third-order valence-electron chi connectivity index (χ3n) is 4.39. The van der Waals surface area contributed by atoms with Crippen LogP contribution < -0.4 is 5.73 Å². The van der Waals surface area contributed by atoms with Crippen molar-refractivity contribution in [3.8, 4) is 0 Å². The second-order valence-electron chi connectivity index (χ2n) is 5.72. The van der Waals surface area contributed by atoms with Gasteiger partial charge in [0.2, 0.25) is 0 Å². The molecule has 6 nitrogen and oxygen atoms in total. The van der Waals surface area contributed by atoms with Gasteiger partial charge < -0.3 is 21.0 Å². The zero-order valence-corrected chi connectivity index (χ0v) is 11.8. The molecule has 4 atom stereocenters. The minimum atomic E-state index is -0.611. The van der Waals surface area contributed by atoms with Gasteiger partial charge in [0, 0.05) is 12.5 Å². The Hall–Kier alpha value is -1.27. The number of aliphatic hydroxyl groups is 1. The SMILES string of the molecule is CC1C(=N)C(C(N)=O)=NCCC1CC1CCC(CO)O1. The van der Waals surface area contributed by atoms with Gasteiger partial charge in [-0.25, -0.2) is 0 Å². The molecule has 0 bridgehead atoms. The van der Waals surface area contributed by atoms with Crippen LogP contribution in [0.5, 0.6) is 0 Å². The molecular weight excluding hydrogens is 258 g/mol. The molecular formula is C14H23N3O3. The van der Waals surface area contributed by atoms with Crippen molar-refractivity contribution < 1.29 is 14.6 Å². The van der Waals surface area contributed by atoms with Crippen LogP contribution in [0.15, 0.2) is 4.99 Å². The normalized spacial score (nSPS) is 34.7. The number of nitrogens with zero attached hydrogens (tertiary/aromatic N) is 1. The zero-order valence-electron chi connectivity index (χ0n) is 11.8. The smallest absolute Gasteiger partial charge is 0.268 e. The van der Waals surface area contributed by atoms with Crippen molar-refractivity contribution in [1.82, 2.24) is 0 Å². The minimum Gasteiger partial charge on any atom is -0.394 e. The molecule has 20 heavy (non-hydrogen) atoms. The lowest BCUT2D eigenvalue weighted by Gasteiger charge is -2.24. The van der Waals surface area contributed by atoms with Crippen molar-refractivity contribution in [2.45, 2.75) is 44.8 Å². The van der Waals surface area contributed by atoms with E-state index in [4.69, 9.17) is 21.0 Å². The number of aliphatic hydroxyl groups excluding tert-OH is 1. The van der Waals surface area contributed by atoms with Gasteiger partial charge in [0.05, 0.1) is 24.5 Å². The molecule has 0 aromatic heterocycles.